The molecule has 2 saturated heterocycles. The fourth-order valence-electron chi connectivity index (χ4n) is 4.32. The topological polar surface area (TPSA) is 49.9 Å². The van der Waals surface area contributed by atoms with E-state index in [-0.39, 0.29) is 10.2 Å². The number of halogens is 5. The fraction of sp³-hybridized carbons (Fsp3) is 0.167. The molecule has 2 aliphatic rings. The van der Waals surface area contributed by atoms with Crippen molar-refractivity contribution in [1.29, 1.82) is 0 Å². The number of carbonyl (C=O) groups excluding carboxylic acids is 2. The lowest BCUT2D eigenvalue weighted by Gasteiger charge is -2.29. The third-order valence-electron chi connectivity index (χ3n) is 5.84. The van der Waals surface area contributed by atoms with Crippen molar-refractivity contribution in [3.8, 4) is 0 Å². The number of hydroxylamine groups is 1. The van der Waals surface area contributed by atoms with Crippen molar-refractivity contribution in [1.82, 2.24) is 0 Å². The number of benzene rings is 3. The number of imide groups is 1. The van der Waals surface area contributed by atoms with Crippen molar-refractivity contribution >= 4 is 39.1 Å². The van der Waals surface area contributed by atoms with Gasteiger partial charge in [0.15, 0.2) is 6.10 Å². The maximum atomic E-state index is 13.9. The highest BCUT2D eigenvalue weighted by Gasteiger charge is 2.60. The van der Waals surface area contributed by atoms with Crippen LogP contribution in [0.4, 0.5) is 28.9 Å². The van der Waals surface area contributed by atoms with E-state index in [2.05, 4.69) is 15.9 Å². The van der Waals surface area contributed by atoms with Crippen LogP contribution in [0.1, 0.15) is 17.2 Å². The molecule has 5 rings (SSSR count). The van der Waals surface area contributed by atoms with Crippen LogP contribution in [0.5, 0.6) is 0 Å². The first-order chi connectivity index (χ1) is 16.2. The Hall–Kier alpha value is -3.24. The predicted molar refractivity (Wildman–Crippen MR) is 118 cm³/mol. The van der Waals surface area contributed by atoms with Crippen LogP contribution in [-0.2, 0) is 20.6 Å². The monoisotopic (exact) mass is 534 g/mol. The van der Waals surface area contributed by atoms with Crippen LogP contribution >= 0.6 is 15.9 Å². The molecular formula is C24H15BrF4N2O3. The van der Waals surface area contributed by atoms with E-state index in [1.807, 2.05) is 0 Å². The third kappa shape index (κ3) is 3.67. The van der Waals surface area contributed by atoms with Crippen molar-refractivity contribution in [2.24, 2.45) is 5.92 Å². The van der Waals surface area contributed by atoms with Gasteiger partial charge in [0.1, 0.15) is 11.7 Å². The average molecular weight is 535 g/mol. The molecule has 0 aromatic heterocycles. The molecule has 10 heteroatoms. The largest absolute Gasteiger partial charge is 0.416 e. The van der Waals surface area contributed by atoms with Gasteiger partial charge >= 0.3 is 6.18 Å². The summed E-state index contributed by atoms with van der Waals surface area (Å²) >= 11 is 3.14. The van der Waals surface area contributed by atoms with Crippen LogP contribution in [0, 0.1) is 11.7 Å². The summed E-state index contributed by atoms with van der Waals surface area (Å²) in [6.45, 7) is 0. The third-order valence-corrected chi connectivity index (χ3v) is 6.45. The zero-order chi connectivity index (χ0) is 24.2. The maximum Gasteiger partial charge on any atom is 0.416 e. The molecular weight excluding hydrogens is 520 g/mol. The number of hydrogen-bond donors (Lipinski definition) is 0. The first kappa shape index (κ1) is 22.5. The summed E-state index contributed by atoms with van der Waals surface area (Å²) in [7, 11) is 0. The van der Waals surface area contributed by atoms with Crippen molar-refractivity contribution in [3.63, 3.8) is 0 Å². The fourth-order valence-corrected chi connectivity index (χ4v) is 4.72. The lowest BCUT2D eigenvalue weighted by molar-refractivity contribution is -0.137. The summed E-state index contributed by atoms with van der Waals surface area (Å²) < 4.78 is 53.7. The average Bonchev–Trinajstić information content (AvgIpc) is 3.32. The summed E-state index contributed by atoms with van der Waals surface area (Å²) in [5, 5.41) is 1.42. The van der Waals surface area contributed by atoms with Gasteiger partial charge in [-0.15, -0.1) is 0 Å². The number of rotatable bonds is 3. The number of hydrogen-bond acceptors (Lipinski definition) is 4. The lowest BCUT2D eigenvalue weighted by atomic mass is 9.90. The molecule has 174 valence electrons. The molecule has 3 aromatic rings. The van der Waals surface area contributed by atoms with Crippen LogP contribution in [0.3, 0.4) is 0 Å². The van der Waals surface area contributed by atoms with Crippen LogP contribution < -0.4 is 9.96 Å². The molecule has 0 saturated carbocycles. The number of anilines is 2. The van der Waals surface area contributed by atoms with E-state index in [0.717, 1.165) is 23.1 Å². The molecule has 0 N–H and O–H groups in total. The Bertz CT molecular complexity index is 1280. The van der Waals surface area contributed by atoms with Gasteiger partial charge in [-0.3, -0.25) is 14.4 Å². The second-order valence-corrected chi connectivity index (χ2v) is 8.75. The zero-order valence-electron chi connectivity index (χ0n) is 17.2. The van der Waals surface area contributed by atoms with E-state index >= 15 is 0 Å². The van der Waals surface area contributed by atoms with E-state index in [9.17, 15) is 27.2 Å². The minimum atomic E-state index is -4.64. The molecule has 2 heterocycles. The second-order valence-electron chi connectivity index (χ2n) is 7.89. The molecule has 0 spiro atoms. The first-order valence-electron chi connectivity index (χ1n) is 10.2. The highest BCUT2D eigenvalue weighted by molar-refractivity contribution is 9.10. The van der Waals surface area contributed by atoms with Gasteiger partial charge in [0.05, 0.1) is 27.5 Å². The van der Waals surface area contributed by atoms with Gasteiger partial charge in [-0.2, -0.15) is 13.2 Å². The summed E-state index contributed by atoms with van der Waals surface area (Å²) in [4.78, 5) is 33.4. The maximum absolute atomic E-state index is 13.9. The summed E-state index contributed by atoms with van der Waals surface area (Å²) in [6.07, 6.45) is -5.89. The van der Waals surface area contributed by atoms with Crippen molar-refractivity contribution in [2.75, 3.05) is 9.96 Å². The normalized spacial score (nSPS) is 22.4. The minimum Gasteiger partial charge on any atom is -0.273 e. The van der Waals surface area contributed by atoms with Crippen molar-refractivity contribution < 1.29 is 32.0 Å². The van der Waals surface area contributed by atoms with E-state index in [0.29, 0.717) is 11.3 Å². The van der Waals surface area contributed by atoms with Crippen molar-refractivity contribution in [3.05, 3.63) is 94.2 Å². The summed E-state index contributed by atoms with van der Waals surface area (Å²) in [5.41, 5.74) is -0.105. The molecule has 2 amide bonds. The van der Waals surface area contributed by atoms with E-state index in [1.165, 1.54) is 29.3 Å². The Labute approximate surface area is 199 Å². The number of carbonyl (C=O) groups is 2. The number of fused-ring (bicyclic) bond motifs is 1. The Kier molecular flexibility index (Phi) is 5.44. The molecule has 5 nitrogen and oxygen atoms in total. The molecule has 0 bridgehead atoms. The SMILES string of the molecule is O=C1[C@@H]2[C@@H](c3ccc(F)c(Br)c3)N(c3ccccc3)O[C@H]2C(=O)N1c1cccc(C(F)(F)F)c1. The van der Waals surface area contributed by atoms with E-state index < -0.39 is 47.4 Å². The van der Waals surface area contributed by atoms with Gasteiger partial charge in [0.2, 0.25) is 5.91 Å². The number of amides is 2. The Balaban J connectivity index is 1.58. The molecule has 2 fully saturated rings. The quantitative estimate of drug-likeness (QED) is 0.321. The number of para-hydroxylation sites is 1. The van der Waals surface area contributed by atoms with E-state index in [4.69, 9.17) is 4.84 Å². The van der Waals surface area contributed by atoms with Gasteiger partial charge in [-0.25, -0.2) is 14.4 Å². The van der Waals surface area contributed by atoms with Gasteiger partial charge in [0.25, 0.3) is 5.91 Å². The molecule has 3 atom stereocenters. The Morgan fingerprint density at radius 3 is 2.24 bits per heavy atom. The lowest BCUT2D eigenvalue weighted by Crippen LogP contribution is -2.37. The predicted octanol–water partition coefficient (Wildman–Crippen LogP) is 5.66. The van der Waals surface area contributed by atoms with Crippen LogP contribution in [0.2, 0.25) is 0 Å². The Morgan fingerprint density at radius 1 is 0.853 bits per heavy atom. The minimum absolute atomic E-state index is 0.160. The highest BCUT2D eigenvalue weighted by Crippen LogP contribution is 2.48. The number of nitrogens with zero attached hydrogens (tertiary/aromatic N) is 2. The number of alkyl halides is 3. The summed E-state index contributed by atoms with van der Waals surface area (Å²) in [6, 6.07) is 16.2. The summed E-state index contributed by atoms with van der Waals surface area (Å²) in [5.74, 6) is -3.03. The molecule has 0 aliphatic carbocycles. The smallest absolute Gasteiger partial charge is 0.273 e. The van der Waals surface area contributed by atoms with Crippen molar-refractivity contribution in [2.45, 2.75) is 18.3 Å². The van der Waals surface area contributed by atoms with E-state index in [1.54, 1.807) is 30.3 Å². The van der Waals surface area contributed by atoms with Gasteiger partial charge in [-0.05, 0) is 64.0 Å². The molecule has 3 aromatic carbocycles. The molecule has 2 aliphatic heterocycles. The molecule has 34 heavy (non-hydrogen) atoms. The van der Waals surface area contributed by atoms with Crippen LogP contribution in [0.15, 0.2) is 77.3 Å². The Morgan fingerprint density at radius 2 is 1.56 bits per heavy atom. The molecule has 0 radical (unpaired) electrons. The van der Waals surface area contributed by atoms with Crippen LogP contribution in [0.25, 0.3) is 0 Å². The first-order valence-corrected chi connectivity index (χ1v) is 11.0. The van der Waals surface area contributed by atoms with Crippen LogP contribution in [-0.4, -0.2) is 17.9 Å². The standard InChI is InChI=1S/C24H15BrF4N2O3/c25-17-11-13(9-10-18(17)26)20-19-21(34-31(20)15-6-2-1-3-7-15)23(33)30(22(19)32)16-8-4-5-14(12-16)24(27,28)29/h1-12,19-21H/t19-,20-,21-/m1/s1. The zero-order valence-corrected chi connectivity index (χ0v) is 18.8. The second kappa shape index (κ2) is 8.21. The van der Waals surface area contributed by atoms with Gasteiger partial charge < -0.3 is 0 Å². The molecule has 0 unspecified atom stereocenters. The highest BCUT2D eigenvalue weighted by atomic mass is 79.9. The van der Waals surface area contributed by atoms with Gasteiger partial charge in [0, 0.05) is 0 Å². The van der Waals surface area contributed by atoms with Gasteiger partial charge in [-0.1, -0.05) is 30.3 Å².